The lowest BCUT2D eigenvalue weighted by molar-refractivity contribution is -0.922. The highest BCUT2D eigenvalue weighted by atomic mass is 16.5. The van der Waals surface area contributed by atoms with E-state index in [9.17, 15) is 9.59 Å². The quantitative estimate of drug-likeness (QED) is 0.766. The van der Waals surface area contributed by atoms with Gasteiger partial charge in [0.05, 0.1) is 26.2 Å². The predicted octanol–water partition coefficient (Wildman–Crippen LogP) is -0.462. The second kappa shape index (κ2) is 5.95. The summed E-state index contributed by atoms with van der Waals surface area (Å²) in [5.74, 6) is -0.0814. The van der Waals surface area contributed by atoms with Crippen molar-refractivity contribution in [2.75, 3.05) is 26.3 Å². The Morgan fingerprint density at radius 3 is 2.52 bits per heavy atom. The van der Waals surface area contributed by atoms with E-state index in [1.807, 2.05) is 31.2 Å². The molecule has 0 aliphatic carbocycles. The molecule has 0 bridgehead atoms. The summed E-state index contributed by atoms with van der Waals surface area (Å²) < 4.78 is 5.32. The van der Waals surface area contributed by atoms with Gasteiger partial charge < -0.3 is 9.64 Å². The van der Waals surface area contributed by atoms with Crippen LogP contribution in [0.3, 0.4) is 0 Å². The van der Waals surface area contributed by atoms with E-state index in [1.54, 1.807) is 0 Å². The van der Waals surface area contributed by atoms with Crippen molar-refractivity contribution in [2.24, 2.45) is 0 Å². The smallest absolute Gasteiger partial charge is 0.288 e. The number of hydrogen-bond donors (Lipinski definition) is 1. The summed E-state index contributed by atoms with van der Waals surface area (Å²) in [6, 6.07) is 7.75. The van der Waals surface area contributed by atoms with Crippen LogP contribution in [0.2, 0.25) is 0 Å². The molecule has 0 unspecified atom stereocenters. The third-order valence-corrected chi connectivity index (χ3v) is 4.33. The maximum Gasteiger partial charge on any atom is 0.288 e. The zero-order valence-electron chi connectivity index (χ0n) is 12.3. The molecule has 112 valence electrons. The number of aryl methyl sites for hydroxylation is 1. The number of carbonyl (C=O) groups is 2. The van der Waals surface area contributed by atoms with Crippen molar-refractivity contribution >= 4 is 11.8 Å². The van der Waals surface area contributed by atoms with Crippen molar-refractivity contribution in [3.8, 4) is 0 Å². The highest BCUT2D eigenvalue weighted by Crippen LogP contribution is 2.16. The van der Waals surface area contributed by atoms with Crippen LogP contribution in [0.4, 0.5) is 0 Å². The Balaban J connectivity index is 1.69. The first-order valence-corrected chi connectivity index (χ1v) is 7.47. The standard InChI is InChI=1S/C16H20N2O3/c1-12-2-4-13(5-3-12)11-18-15(19)10-14(16(18)20)17-6-8-21-9-7-17/h2-5,14H,6-11H2,1H3/p+1/t14-/m1/s1. The molecule has 21 heavy (non-hydrogen) atoms. The molecule has 0 aromatic heterocycles. The van der Waals surface area contributed by atoms with Gasteiger partial charge in [-0.1, -0.05) is 29.8 Å². The zero-order chi connectivity index (χ0) is 14.8. The average Bonchev–Trinajstić information content (AvgIpc) is 2.78. The van der Waals surface area contributed by atoms with Crippen LogP contribution in [-0.4, -0.2) is 49.1 Å². The fourth-order valence-corrected chi connectivity index (χ4v) is 3.03. The topological polar surface area (TPSA) is 51.1 Å². The Kier molecular flexibility index (Phi) is 4.03. The third kappa shape index (κ3) is 2.99. The minimum Gasteiger partial charge on any atom is -0.370 e. The van der Waals surface area contributed by atoms with E-state index >= 15 is 0 Å². The minimum atomic E-state index is -0.216. The highest BCUT2D eigenvalue weighted by Gasteiger charge is 2.45. The molecule has 0 radical (unpaired) electrons. The van der Waals surface area contributed by atoms with Gasteiger partial charge in [0.2, 0.25) is 5.91 Å². The Hall–Kier alpha value is -1.72. The summed E-state index contributed by atoms with van der Waals surface area (Å²) >= 11 is 0. The molecule has 2 saturated heterocycles. The van der Waals surface area contributed by atoms with Gasteiger partial charge in [0, 0.05) is 0 Å². The summed E-state index contributed by atoms with van der Waals surface area (Å²) in [7, 11) is 0. The molecule has 2 aliphatic heterocycles. The number of hydrogen-bond acceptors (Lipinski definition) is 3. The molecule has 2 aliphatic rings. The number of nitrogens with zero attached hydrogens (tertiary/aromatic N) is 1. The normalized spacial score (nSPS) is 23.9. The van der Waals surface area contributed by atoms with Gasteiger partial charge in [0.1, 0.15) is 13.1 Å². The molecule has 5 nitrogen and oxygen atoms in total. The molecule has 5 heteroatoms. The van der Waals surface area contributed by atoms with E-state index in [-0.39, 0.29) is 17.9 Å². The summed E-state index contributed by atoms with van der Waals surface area (Å²) in [5, 5.41) is 0. The van der Waals surface area contributed by atoms with Crippen LogP contribution >= 0.6 is 0 Å². The Bertz CT molecular complexity index is 535. The fraction of sp³-hybridized carbons (Fsp3) is 0.500. The maximum atomic E-state index is 12.5. The third-order valence-electron chi connectivity index (χ3n) is 4.33. The number of quaternary nitrogens is 1. The molecule has 2 amide bonds. The van der Waals surface area contributed by atoms with Gasteiger partial charge in [0.25, 0.3) is 5.91 Å². The van der Waals surface area contributed by atoms with Gasteiger partial charge >= 0.3 is 0 Å². The lowest BCUT2D eigenvalue weighted by Gasteiger charge is -2.27. The molecule has 1 aromatic rings. The summed E-state index contributed by atoms with van der Waals surface area (Å²) in [5.41, 5.74) is 2.17. The number of amides is 2. The van der Waals surface area contributed by atoms with Crippen molar-refractivity contribution in [3.05, 3.63) is 35.4 Å². The molecule has 2 fully saturated rings. The fourth-order valence-electron chi connectivity index (χ4n) is 3.03. The number of likely N-dealkylation sites (tertiary alicyclic amines) is 1. The van der Waals surface area contributed by atoms with E-state index in [1.165, 1.54) is 15.4 Å². The van der Waals surface area contributed by atoms with Crippen molar-refractivity contribution in [3.63, 3.8) is 0 Å². The van der Waals surface area contributed by atoms with Crippen LogP contribution in [0, 0.1) is 6.92 Å². The van der Waals surface area contributed by atoms with Crippen molar-refractivity contribution < 1.29 is 19.2 Å². The molecule has 0 spiro atoms. The molecular weight excluding hydrogens is 268 g/mol. The molecule has 3 rings (SSSR count). The number of nitrogens with one attached hydrogen (secondary N) is 1. The number of rotatable bonds is 3. The van der Waals surface area contributed by atoms with E-state index in [0.717, 1.165) is 18.7 Å². The summed E-state index contributed by atoms with van der Waals surface area (Å²) in [6.07, 6.45) is 0.333. The summed E-state index contributed by atoms with van der Waals surface area (Å²) in [6.45, 7) is 5.37. The van der Waals surface area contributed by atoms with E-state index in [2.05, 4.69) is 0 Å². The lowest BCUT2D eigenvalue weighted by Crippen LogP contribution is -3.18. The second-order valence-electron chi connectivity index (χ2n) is 5.83. The van der Waals surface area contributed by atoms with Crippen LogP contribution in [0.5, 0.6) is 0 Å². The first-order valence-electron chi connectivity index (χ1n) is 7.47. The summed E-state index contributed by atoms with van der Waals surface area (Å²) in [4.78, 5) is 27.3. The van der Waals surface area contributed by atoms with Gasteiger partial charge in [0.15, 0.2) is 6.04 Å². The minimum absolute atomic E-state index is 0.0301. The van der Waals surface area contributed by atoms with Crippen LogP contribution < -0.4 is 4.90 Å². The first kappa shape index (κ1) is 14.2. The van der Waals surface area contributed by atoms with Crippen LogP contribution in [-0.2, 0) is 20.9 Å². The van der Waals surface area contributed by atoms with Crippen molar-refractivity contribution in [1.29, 1.82) is 0 Å². The number of benzene rings is 1. The van der Waals surface area contributed by atoms with Crippen LogP contribution in [0.15, 0.2) is 24.3 Å². The van der Waals surface area contributed by atoms with Gasteiger partial charge in [-0.3, -0.25) is 14.5 Å². The highest BCUT2D eigenvalue weighted by molar-refractivity contribution is 6.04. The number of morpholine rings is 1. The Morgan fingerprint density at radius 2 is 1.86 bits per heavy atom. The average molecular weight is 289 g/mol. The largest absolute Gasteiger partial charge is 0.370 e. The zero-order valence-corrected chi connectivity index (χ0v) is 12.3. The maximum absolute atomic E-state index is 12.5. The Labute approximate surface area is 124 Å². The van der Waals surface area contributed by atoms with Crippen molar-refractivity contribution in [1.82, 2.24) is 4.90 Å². The molecule has 1 atom stereocenters. The van der Waals surface area contributed by atoms with Crippen LogP contribution in [0.1, 0.15) is 17.5 Å². The Morgan fingerprint density at radius 1 is 1.19 bits per heavy atom. The van der Waals surface area contributed by atoms with E-state index < -0.39 is 0 Å². The number of ether oxygens (including phenoxy) is 1. The monoisotopic (exact) mass is 289 g/mol. The molecular formula is C16H21N2O3+. The molecule has 1 N–H and O–H groups in total. The van der Waals surface area contributed by atoms with Gasteiger partial charge in [-0.15, -0.1) is 0 Å². The van der Waals surface area contributed by atoms with E-state index in [0.29, 0.717) is 26.2 Å². The first-order chi connectivity index (χ1) is 10.1. The number of imide groups is 1. The van der Waals surface area contributed by atoms with E-state index in [4.69, 9.17) is 4.74 Å². The number of carbonyl (C=O) groups excluding carboxylic acids is 2. The second-order valence-corrected chi connectivity index (χ2v) is 5.83. The van der Waals surface area contributed by atoms with Gasteiger partial charge in [-0.05, 0) is 12.5 Å². The van der Waals surface area contributed by atoms with Crippen molar-refractivity contribution in [2.45, 2.75) is 25.9 Å². The SMILES string of the molecule is Cc1ccc(CN2C(=O)C[C@@H]([NH+]3CCOCC3)C2=O)cc1. The predicted molar refractivity (Wildman–Crippen MR) is 76.7 cm³/mol. The van der Waals surface area contributed by atoms with Crippen LogP contribution in [0.25, 0.3) is 0 Å². The van der Waals surface area contributed by atoms with Gasteiger partial charge in [-0.2, -0.15) is 0 Å². The van der Waals surface area contributed by atoms with Gasteiger partial charge in [-0.25, -0.2) is 0 Å². The lowest BCUT2D eigenvalue weighted by atomic mass is 10.1. The molecule has 1 aromatic carbocycles. The molecule has 2 heterocycles. The molecule has 0 saturated carbocycles.